The Morgan fingerprint density at radius 2 is 1.91 bits per heavy atom. The van der Waals surface area contributed by atoms with E-state index in [4.69, 9.17) is 15.1 Å². The Balaban J connectivity index is 3.51. The Morgan fingerprint density at radius 1 is 1.36 bits per heavy atom. The predicted molar refractivity (Wildman–Crippen MR) is 41.9 cm³/mol. The minimum atomic E-state index is -0.491. The summed E-state index contributed by atoms with van der Waals surface area (Å²) < 4.78 is 0. The van der Waals surface area contributed by atoms with E-state index in [9.17, 15) is 0 Å². The molecule has 0 atom stereocenters. The average Bonchev–Trinajstić information content (AvgIpc) is 2.05. The van der Waals surface area contributed by atoms with Gasteiger partial charge in [-0.1, -0.05) is 6.92 Å². The molecule has 0 saturated carbocycles. The van der Waals surface area contributed by atoms with Gasteiger partial charge in [0, 0.05) is 12.0 Å². The van der Waals surface area contributed by atoms with Gasteiger partial charge in [-0.2, -0.15) is 0 Å². The van der Waals surface area contributed by atoms with Crippen molar-refractivity contribution in [2.45, 2.75) is 13.8 Å². The van der Waals surface area contributed by atoms with Gasteiger partial charge in [-0.15, -0.1) is 0 Å². The fraction of sp³-hybridized carbons (Fsp3) is 1.00. The number of hydroxylamine groups is 1. The van der Waals surface area contributed by atoms with Gasteiger partial charge >= 0.3 is 0 Å². The number of aliphatic hydroxyl groups is 2. The molecule has 0 aromatic carbocycles. The van der Waals surface area contributed by atoms with E-state index in [2.05, 4.69) is 5.48 Å². The molecule has 4 nitrogen and oxygen atoms in total. The summed E-state index contributed by atoms with van der Waals surface area (Å²) in [5.41, 5.74) is 2.17. The van der Waals surface area contributed by atoms with Crippen LogP contribution in [-0.2, 0) is 4.84 Å². The minimum Gasteiger partial charge on any atom is -0.396 e. The SMILES string of the molecule is CCONCC(C)(CO)CO. The number of nitrogens with one attached hydrogen (secondary N) is 1. The first-order chi connectivity index (χ1) is 5.18. The van der Waals surface area contributed by atoms with Crippen molar-refractivity contribution >= 4 is 0 Å². The van der Waals surface area contributed by atoms with Crippen molar-refractivity contribution < 1.29 is 15.1 Å². The molecule has 0 heterocycles. The first-order valence-electron chi connectivity index (χ1n) is 3.75. The minimum absolute atomic E-state index is 0.0520. The second-order valence-corrected chi connectivity index (χ2v) is 2.88. The zero-order chi connectivity index (χ0) is 8.74. The summed E-state index contributed by atoms with van der Waals surface area (Å²) in [5, 5.41) is 17.7. The third-order valence-corrected chi connectivity index (χ3v) is 1.51. The molecule has 11 heavy (non-hydrogen) atoms. The molecule has 0 amide bonds. The van der Waals surface area contributed by atoms with Gasteiger partial charge < -0.3 is 15.1 Å². The lowest BCUT2D eigenvalue weighted by atomic mass is 9.94. The van der Waals surface area contributed by atoms with E-state index in [1.807, 2.05) is 6.92 Å². The molecule has 0 fully saturated rings. The smallest absolute Gasteiger partial charge is 0.0653 e. The molecule has 0 bridgehead atoms. The summed E-state index contributed by atoms with van der Waals surface area (Å²) in [5.74, 6) is 0. The molecule has 0 spiro atoms. The first kappa shape index (κ1) is 10.8. The highest BCUT2D eigenvalue weighted by molar-refractivity contribution is 4.72. The number of hydrogen-bond acceptors (Lipinski definition) is 4. The van der Waals surface area contributed by atoms with Crippen LogP contribution < -0.4 is 5.48 Å². The van der Waals surface area contributed by atoms with E-state index < -0.39 is 5.41 Å². The topological polar surface area (TPSA) is 61.7 Å². The molecule has 0 saturated heterocycles. The third-order valence-electron chi connectivity index (χ3n) is 1.51. The van der Waals surface area contributed by atoms with Crippen molar-refractivity contribution in [1.29, 1.82) is 0 Å². The van der Waals surface area contributed by atoms with Crippen LogP contribution in [0.5, 0.6) is 0 Å². The normalized spacial score (nSPS) is 12.0. The van der Waals surface area contributed by atoms with Gasteiger partial charge in [-0.3, -0.25) is 0 Å². The van der Waals surface area contributed by atoms with Crippen LogP contribution in [0.4, 0.5) is 0 Å². The van der Waals surface area contributed by atoms with Gasteiger partial charge in [0.15, 0.2) is 0 Å². The molecule has 0 aromatic rings. The van der Waals surface area contributed by atoms with Crippen LogP contribution in [0, 0.1) is 5.41 Å². The van der Waals surface area contributed by atoms with Crippen LogP contribution in [0.25, 0.3) is 0 Å². The highest BCUT2D eigenvalue weighted by Crippen LogP contribution is 2.11. The van der Waals surface area contributed by atoms with Gasteiger partial charge in [0.25, 0.3) is 0 Å². The average molecular weight is 163 g/mol. The summed E-state index contributed by atoms with van der Waals surface area (Å²) in [6.07, 6.45) is 0. The van der Waals surface area contributed by atoms with E-state index >= 15 is 0 Å². The molecular formula is C7H17NO3. The Bertz CT molecular complexity index is 93.7. The first-order valence-corrected chi connectivity index (χ1v) is 3.75. The van der Waals surface area contributed by atoms with Crippen molar-refractivity contribution in [3.05, 3.63) is 0 Å². The van der Waals surface area contributed by atoms with Gasteiger partial charge in [-0.25, -0.2) is 5.48 Å². The van der Waals surface area contributed by atoms with Crippen LogP contribution in [0.1, 0.15) is 13.8 Å². The van der Waals surface area contributed by atoms with Crippen molar-refractivity contribution in [2.75, 3.05) is 26.4 Å². The van der Waals surface area contributed by atoms with Gasteiger partial charge in [0.2, 0.25) is 0 Å². The van der Waals surface area contributed by atoms with Crippen LogP contribution in [-0.4, -0.2) is 36.6 Å². The highest BCUT2D eigenvalue weighted by atomic mass is 16.6. The van der Waals surface area contributed by atoms with Gasteiger partial charge in [-0.05, 0) is 6.92 Å². The van der Waals surface area contributed by atoms with E-state index in [-0.39, 0.29) is 13.2 Å². The quantitative estimate of drug-likeness (QED) is 0.365. The Labute approximate surface area is 67.1 Å². The molecule has 68 valence electrons. The highest BCUT2D eigenvalue weighted by Gasteiger charge is 2.21. The number of hydrogen-bond donors (Lipinski definition) is 3. The molecule has 0 aliphatic rings. The van der Waals surface area contributed by atoms with Crippen molar-refractivity contribution in [1.82, 2.24) is 5.48 Å². The van der Waals surface area contributed by atoms with Crippen LogP contribution in [0.3, 0.4) is 0 Å². The molecule has 3 N–H and O–H groups in total. The van der Waals surface area contributed by atoms with Crippen molar-refractivity contribution in [3.63, 3.8) is 0 Å². The summed E-state index contributed by atoms with van der Waals surface area (Å²) in [6, 6.07) is 0. The van der Waals surface area contributed by atoms with E-state index in [0.717, 1.165) is 0 Å². The second kappa shape index (κ2) is 5.49. The standard InChI is InChI=1S/C7H17NO3/c1-3-11-8-4-7(2,5-9)6-10/h8-10H,3-6H2,1-2H3. The zero-order valence-electron chi connectivity index (χ0n) is 7.13. The Kier molecular flexibility index (Phi) is 5.41. The maximum absolute atomic E-state index is 8.83. The third kappa shape index (κ3) is 4.31. The lowest BCUT2D eigenvalue weighted by Gasteiger charge is -2.24. The Hall–Kier alpha value is -0.160. The van der Waals surface area contributed by atoms with Crippen LogP contribution >= 0.6 is 0 Å². The monoisotopic (exact) mass is 163 g/mol. The number of aliphatic hydroxyl groups excluding tert-OH is 2. The van der Waals surface area contributed by atoms with Crippen molar-refractivity contribution in [3.8, 4) is 0 Å². The molecule has 0 aliphatic heterocycles. The van der Waals surface area contributed by atoms with E-state index in [1.165, 1.54) is 0 Å². The fourth-order valence-corrected chi connectivity index (χ4v) is 0.489. The Morgan fingerprint density at radius 3 is 2.27 bits per heavy atom. The van der Waals surface area contributed by atoms with Crippen molar-refractivity contribution in [2.24, 2.45) is 5.41 Å². The molecule has 0 aliphatic carbocycles. The van der Waals surface area contributed by atoms with Gasteiger partial charge in [0.1, 0.15) is 0 Å². The molecular weight excluding hydrogens is 146 g/mol. The largest absolute Gasteiger partial charge is 0.396 e. The lowest BCUT2D eigenvalue weighted by Crippen LogP contribution is -2.37. The zero-order valence-corrected chi connectivity index (χ0v) is 7.13. The maximum atomic E-state index is 8.83. The summed E-state index contributed by atoms with van der Waals surface area (Å²) in [6.45, 7) is 4.56. The molecule has 0 aromatic heterocycles. The summed E-state index contributed by atoms with van der Waals surface area (Å²) in [4.78, 5) is 4.86. The summed E-state index contributed by atoms with van der Waals surface area (Å²) >= 11 is 0. The molecule has 0 rings (SSSR count). The second-order valence-electron chi connectivity index (χ2n) is 2.88. The predicted octanol–water partition coefficient (Wildman–Crippen LogP) is -0.482. The summed E-state index contributed by atoms with van der Waals surface area (Å²) in [7, 11) is 0. The van der Waals surface area contributed by atoms with E-state index in [1.54, 1.807) is 6.92 Å². The van der Waals surface area contributed by atoms with Crippen LogP contribution in [0.15, 0.2) is 0 Å². The molecule has 0 radical (unpaired) electrons. The van der Waals surface area contributed by atoms with E-state index in [0.29, 0.717) is 13.2 Å². The maximum Gasteiger partial charge on any atom is 0.0653 e. The lowest BCUT2D eigenvalue weighted by molar-refractivity contribution is -0.00782. The molecule has 4 heteroatoms. The molecule has 0 unspecified atom stereocenters. The number of rotatable bonds is 6. The van der Waals surface area contributed by atoms with Crippen LogP contribution in [0.2, 0.25) is 0 Å². The fourth-order valence-electron chi connectivity index (χ4n) is 0.489. The van der Waals surface area contributed by atoms with Gasteiger partial charge in [0.05, 0.1) is 19.8 Å².